The average molecular weight is 435 g/mol. The molecule has 1 aromatic heterocycles. The molecule has 8 heteroatoms. The molecule has 1 saturated heterocycles. The number of benzene rings is 1. The molecular weight excluding hydrogens is 404 g/mol. The molecule has 2 aliphatic carbocycles. The molecule has 1 aliphatic heterocycles. The van der Waals surface area contributed by atoms with Crippen molar-refractivity contribution < 1.29 is 9.90 Å². The Morgan fingerprint density at radius 3 is 2.53 bits per heavy atom. The van der Waals surface area contributed by atoms with Crippen molar-refractivity contribution >= 4 is 22.6 Å². The molecule has 2 aromatic rings. The van der Waals surface area contributed by atoms with Crippen molar-refractivity contribution in [3.8, 4) is 6.07 Å². The van der Waals surface area contributed by atoms with Crippen LogP contribution in [0, 0.1) is 17.2 Å². The van der Waals surface area contributed by atoms with Crippen molar-refractivity contribution in [3.05, 3.63) is 30.1 Å². The normalized spacial score (nSPS) is 25.3. The molecule has 0 bridgehead atoms. The van der Waals surface area contributed by atoms with E-state index in [2.05, 4.69) is 26.3 Å². The summed E-state index contributed by atoms with van der Waals surface area (Å²) >= 11 is 0. The van der Waals surface area contributed by atoms with Gasteiger partial charge >= 0.3 is 0 Å². The third kappa shape index (κ3) is 4.41. The Hall–Kier alpha value is -2.76. The van der Waals surface area contributed by atoms with Crippen LogP contribution in [-0.2, 0) is 4.79 Å². The quantitative estimate of drug-likeness (QED) is 0.743. The predicted molar refractivity (Wildman–Crippen MR) is 121 cm³/mol. The summed E-state index contributed by atoms with van der Waals surface area (Å²) < 4.78 is 0. The SMILES string of the molecule is N#Cc1ccc2ncnc(N[C@H]3CC[C@H](N4CCN(C(=O)C(O)C5CC5)CC4)CC3)c2c1. The minimum atomic E-state index is -0.787. The summed E-state index contributed by atoms with van der Waals surface area (Å²) in [7, 11) is 0. The van der Waals surface area contributed by atoms with Crippen LogP contribution in [0.25, 0.3) is 10.9 Å². The van der Waals surface area contributed by atoms with E-state index in [9.17, 15) is 15.2 Å². The lowest BCUT2D eigenvalue weighted by atomic mass is 9.89. The predicted octanol–water partition coefficient (Wildman–Crippen LogP) is 2.14. The Labute approximate surface area is 188 Å². The molecule has 5 rings (SSSR count). The molecule has 1 aromatic carbocycles. The number of nitriles is 1. The first-order valence-corrected chi connectivity index (χ1v) is 11.7. The number of piperazine rings is 1. The van der Waals surface area contributed by atoms with Crippen LogP contribution in [0.4, 0.5) is 5.82 Å². The summed E-state index contributed by atoms with van der Waals surface area (Å²) in [6.07, 6.45) is 7.10. The van der Waals surface area contributed by atoms with Crippen LogP contribution >= 0.6 is 0 Å². The van der Waals surface area contributed by atoms with Gasteiger partial charge in [0.25, 0.3) is 5.91 Å². The highest BCUT2D eigenvalue weighted by Gasteiger charge is 2.38. The highest BCUT2D eigenvalue weighted by Crippen LogP contribution is 2.34. The van der Waals surface area contributed by atoms with Crippen LogP contribution in [0.15, 0.2) is 24.5 Å². The lowest BCUT2D eigenvalue weighted by Gasteiger charge is -2.42. The number of nitrogens with zero attached hydrogens (tertiary/aromatic N) is 5. The van der Waals surface area contributed by atoms with Crippen molar-refractivity contribution in [2.75, 3.05) is 31.5 Å². The number of rotatable bonds is 5. The van der Waals surface area contributed by atoms with Gasteiger partial charge in [0.2, 0.25) is 0 Å². The summed E-state index contributed by atoms with van der Waals surface area (Å²) in [6.45, 7) is 3.21. The van der Waals surface area contributed by atoms with Gasteiger partial charge in [-0.15, -0.1) is 0 Å². The summed E-state index contributed by atoms with van der Waals surface area (Å²) in [6, 6.07) is 8.59. The minimum Gasteiger partial charge on any atom is -0.383 e. The monoisotopic (exact) mass is 434 g/mol. The van der Waals surface area contributed by atoms with E-state index in [1.54, 1.807) is 12.4 Å². The second kappa shape index (κ2) is 9.00. The Balaban J connectivity index is 1.13. The molecule has 1 amide bonds. The van der Waals surface area contributed by atoms with Crippen LogP contribution in [0.5, 0.6) is 0 Å². The van der Waals surface area contributed by atoms with E-state index in [1.165, 1.54) is 0 Å². The number of aliphatic hydroxyl groups excluding tert-OH is 1. The Morgan fingerprint density at radius 2 is 1.84 bits per heavy atom. The number of aliphatic hydroxyl groups is 1. The van der Waals surface area contributed by atoms with E-state index in [4.69, 9.17) is 0 Å². The molecule has 0 radical (unpaired) electrons. The number of hydrogen-bond donors (Lipinski definition) is 2. The molecule has 168 valence electrons. The van der Waals surface area contributed by atoms with Crippen LogP contribution in [0.3, 0.4) is 0 Å². The van der Waals surface area contributed by atoms with E-state index >= 15 is 0 Å². The number of fused-ring (bicyclic) bond motifs is 1. The van der Waals surface area contributed by atoms with E-state index in [1.807, 2.05) is 17.0 Å². The fraction of sp³-hybridized carbons (Fsp3) is 0.583. The van der Waals surface area contributed by atoms with Gasteiger partial charge in [0.05, 0.1) is 17.1 Å². The maximum absolute atomic E-state index is 12.4. The molecule has 1 atom stereocenters. The van der Waals surface area contributed by atoms with Crippen LogP contribution < -0.4 is 5.32 Å². The zero-order chi connectivity index (χ0) is 22.1. The summed E-state index contributed by atoms with van der Waals surface area (Å²) in [5, 5.41) is 23.8. The zero-order valence-corrected chi connectivity index (χ0v) is 18.3. The molecular formula is C24H30N6O2. The topological polar surface area (TPSA) is 105 Å². The number of nitrogens with one attached hydrogen (secondary N) is 1. The largest absolute Gasteiger partial charge is 0.383 e. The third-order valence-electron chi connectivity index (χ3n) is 7.27. The maximum Gasteiger partial charge on any atom is 0.251 e. The van der Waals surface area contributed by atoms with Crippen LogP contribution in [-0.4, -0.2) is 75.1 Å². The van der Waals surface area contributed by atoms with E-state index in [0.717, 1.165) is 81.4 Å². The smallest absolute Gasteiger partial charge is 0.251 e. The highest BCUT2D eigenvalue weighted by molar-refractivity contribution is 5.89. The fourth-order valence-electron chi connectivity index (χ4n) is 5.13. The van der Waals surface area contributed by atoms with Gasteiger partial charge in [0, 0.05) is 43.6 Å². The molecule has 32 heavy (non-hydrogen) atoms. The number of hydrogen-bond acceptors (Lipinski definition) is 7. The molecule has 3 fully saturated rings. The van der Waals surface area contributed by atoms with Crippen LogP contribution in [0.1, 0.15) is 44.1 Å². The first-order chi connectivity index (χ1) is 15.6. The second-order valence-corrected chi connectivity index (χ2v) is 9.36. The van der Waals surface area contributed by atoms with Gasteiger partial charge in [0.15, 0.2) is 0 Å². The van der Waals surface area contributed by atoms with Gasteiger partial charge in [-0.1, -0.05) is 0 Å². The second-order valence-electron chi connectivity index (χ2n) is 9.36. The molecule has 2 saturated carbocycles. The molecule has 2 N–H and O–H groups in total. The standard InChI is InChI=1S/C24H30N6O2/c25-14-16-1-8-21-20(13-16)23(27-15-26-21)28-18-4-6-19(7-5-18)29-9-11-30(12-10-29)24(32)22(31)17-2-3-17/h1,8,13,15,17-19,22,31H,2-7,9-12H2,(H,26,27,28)/t18-,19-,22?. The fourth-order valence-corrected chi connectivity index (χ4v) is 5.13. The number of anilines is 1. The maximum atomic E-state index is 12.4. The van der Waals surface area contributed by atoms with Gasteiger partial charge in [-0.05, 0) is 62.6 Å². The summed E-state index contributed by atoms with van der Waals surface area (Å²) in [5.41, 5.74) is 1.45. The van der Waals surface area contributed by atoms with E-state index in [-0.39, 0.29) is 11.8 Å². The minimum absolute atomic E-state index is 0.0725. The molecule has 2 heterocycles. The van der Waals surface area contributed by atoms with Crippen molar-refractivity contribution in [2.24, 2.45) is 5.92 Å². The molecule has 3 aliphatic rings. The highest BCUT2D eigenvalue weighted by atomic mass is 16.3. The van der Waals surface area contributed by atoms with Gasteiger partial charge in [-0.3, -0.25) is 9.69 Å². The lowest BCUT2D eigenvalue weighted by Crippen LogP contribution is -2.55. The molecule has 1 unspecified atom stereocenters. The van der Waals surface area contributed by atoms with Gasteiger partial charge in [0.1, 0.15) is 18.2 Å². The Morgan fingerprint density at radius 1 is 1.09 bits per heavy atom. The first-order valence-electron chi connectivity index (χ1n) is 11.7. The van der Waals surface area contributed by atoms with Crippen molar-refractivity contribution in [1.29, 1.82) is 5.26 Å². The number of carbonyl (C=O) groups excluding carboxylic acids is 1. The molecule has 8 nitrogen and oxygen atoms in total. The lowest BCUT2D eigenvalue weighted by molar-refractivity contribution is -0.143. The summed E-state index contributed by atoms with van der Waals surface area (Å²) in [4.78, 5) is 25.6. The number of amides is 1. The van der Waals surface area contributed by atoms with Crippen LogP contribution in [0.2, 0.25) is 0 Å². The first kappa shape index (κ1) is 21.1. The Kier molecular flexibility index (Phi) is 5.94. The third-order valence-corrected chi connectivity index (χ3v) is 7.27. The van der Waals surface area contributed by atoms with Gasteiger partial charge in [-0.25, -0.2) is 9.97 Å². The van der Waals surface area contributed by atoms with Crippen molar-refractivity contribution in [1.82, 2.24) is 19.8 Å². The number of aromatic nitrogens is 2. The van der Waals surface area contributed by atoms with Crippen molar-refractivity contribution in [3.63, 3.8) is 0 Å². The molecule has 0 spiro atoms. The summed E-state index contributed by atoms with van der Waals surface area (Å²) in [5.74, 6) is 0.926. The van der Waals surface area contributed by atoms with Gasteiger partial charge in [-0.2, -0.15) is 5.26 Å². The zero-order valence-electron chi connectivity index (χ0n) is 18.3. The van der Waals surface area contributed by atoms with E-state index in [0.29, 0.717) is 17.6 Å². The average Bonchev–Trinajstić information content (AvgIpc) is 3.69. The van der Waals surface area contributed by atoms with Gasteiger partial charge < -0.3 is 15.3 Å². The van der Waals surface area contributed by atoms with E-state index < -0.39 is 6.10 Å². The number of carbonyl (C=O) groups is 1. The van der Waals surface area contributed by atoms with Crippen molar-refractivity contribution in [2.45, 2.75) is 56.7 Å². The Bertz CT molecular complexity index is 1020.